The summed E-state index contributed by atoms with van der Waals surface area (Å²) in [6.45, 7) is 5.28. The molecule has 2 atom stereocenters. The molecule has 1 aromatic carbocycles. The first-order valence-electron chi connectivity index (χ1n) is 6.36. The molecule has 3 nitrogen and oxygen atoms in total. The zero-order chi connectivity index (χ0) is 12.3. The van der Waals surface area contributed by atoms with E-state index in [1.165, 1.54) is 5.56 Å². The van der Waals surface area contributed by atoms with Gasteiger partial charge < -0.3 is 14.8 Å². The van der Waals surface area contributed by atoms with Crippen LogP contribution in [-0.4, -0.2) is 19.8 Å². The van der Waals surface area contributed by atoms with Crippen molar-refractivity contribution in [3.8, 4) is 11.5 Å². The van der Waals surface area contributed by atoms with Crippen molar-refractivity contribution in [2.75, 3.05) is 13.7 Å². The Balaban J connectivity index is 2.30. The third kappa shape index (κ3) is 2.55. The van der Waals surface area contributed by atoms with Gasteiger partial charge in [0.15, 0.2) is 0 Å². The van der Waals surface area contributed by atoms with E-state index in [4.69, 9.17) is 9.47 Å². The molecular weight excluding hydrogens is 214 g/mol. The highest BCUT2D eigenvalue weighted by molar-refractivity contribution is 5.44. The number of methoxy groups -OCH3 is 1. The van der Waals surface area contributed by atoms with Gasteiger partial charge in [-0.1, -0.05) is 19.9 Å². The summed E-state index contributed by atoms with van der Waals surface area (Å²) in [7, 11) is 1.68. The second-order valence-corrected chi connectivity index (χ2v) is 4.40. The van der Waals surface area contributed by atoms with Gasteiger partial charge in [0, 0.05) is 24.1 Å². The summed E-state index contributed by atoms with van der Waals surface area (Å²) in [5, 5.41) is 3.52. The molecule has 0 fully saturated rings. The van der Waals surface area contributed by atoms with Crippen molar-refractivity contribution in [2.24, 2.45) is 0 Å². The van der Waals surface area contributed by atoms with Crippen LogP contribution in [0.3, 0.4) is 0 Å². The maximum atomic E-state index is 5.98. The zero-order valence-corrected chi connectivity index (χ0v) is 10.8. The zero-order valence-electron chi connectivity index (χ0n) is 10.8. The van der Waals surface area contributed by atoms with Crippen LogP contribution in [0, 0.1) is 0 Å². The van der Waals surface area contributed by atoms with Crippen LogP contribution >= 0.6 is 0 Å². The highest BCUT2D eigenvalue weighted by Gasteiger charge is 2.26. The summed E-state index contributed by atoms with van der Waals surface area (Å²) < 4.78 is 11.2. The Kier molecular flexibility index (Phi) is 3.89. The highest BCUT2D eigenvalue weighted by atomic mass is 16.5. The van der Waals surface area contributed by atoms with Crippen LogP contribution in [0.2, 0.25) is 0 Å². The van der Waals surface area contributed by atoms with E-state index in [2.05, 4.69) is 25.2 Å². The third-order valence-corrected chi connectivity index (χ3v) is 3.29. The van der Waals surface area contributed by atoms with Gasteiger partial charge in [-0.15, -0.1) is 0 Å². The number of nitrogens with one attached hydrogen (secondary N) is 1. The molecule has 2 unspecified atom stereocenters. The molecule has 1 N–H and O–H groups in total. The first-order valence-corrected chi connectivity index (χ1v) is 6.36. The van der Waals surface area contributed by atoms with Crippen molar-refractivity contribution >= 4 is 0 Å². The monoisotopic (exact) mass is 235 g/mol. The van der Waals surface area contributed by atoms with Crippen LogP contribution in [0.25, 0.3) is 0 Å². The Morgan fingerprint density at radius 3 is 2.88 bits per heavy atom. The fraction of sp³-hybridized carbons (Fsp3) is 0.571. The molecular formula is C14H21NO2. The molecule has 0 amide bonds. The number of benzene rings is 1. The van der Waals surface area contributed by atoms with E-state index in [0.717, 1.165) is 30.9 Å². The fourth-order valence-corrected chi connectivity index (χ4v) is 2.34. The number of rotatable bonds is 4. The molecule has 0 saturated carbocycles. The van der Waals surface area contributed by atoms with E-state index in [0.29, 0.717) is 12.1 Å². The molecule has 0 aliphatic carbocycles. The van der Waals surface area contributed by atoms with E-state index in [-0.39, 0.29) is 0 Å². The maximum absolute atomic E-state index is 5.98. The molecule has 17 heavy (non-hydrogen) atoms. The summed E-state index contributed by atoms with van der Waals surface area (Å²) >= 11 is 0. The lowest BCUT2D eigenvalue weighted by molar-refractivity contribution is 0.146. The van der Waals surface area contributed by atoms with Gasteiger partial charge in [-0.25, -0.2) is 0 Å². The van der Waals surface area contributed by atoms with Crippen LogP contribution in [0.4, 0.5) is 0 Å². The summed E-state index contributed by atoms with van der Waals surface area (Å²) in [5.74, 6) is 1.82. The molecule has 0 spiro atoms. The van der Waals surface area contributed by atoms with Gasteiger partial charge in [0.2, 0.25) is 0 Å². The van der Waals surface area contributed by atoms with Gasteiger partial charge in [-0.05, 0) is 19.0 Å². The molecule has 94 valence electrons. The Morgan fingerprint density at radius 1 is 1.41 bits per heavy atom. The molecule has 0 aromatic heterocycles. The average molecular weight is 235 g/mol. The second-order valence-electron chi connectivity index (χ2n) is 4.40. The summed E-state index contributed by atoms with van der Waals surface area (Å²) in [4.78, 5) is 0. The SMILES string of the molecule is CCNC1CC(CC)Oc2cc(OC)ccc21. The third-order valence-electron chi connectivity index (χ3n) is 3.29. The quantitative estimate of drug-likeness (QED) is 0.870. The van der Waals surface area contributed by atoms with E-state index in [1.807, 2.05) is 12.1 Å². The predicted octanol–water partition coefficient (Wildman–Crippen LogP) is 2.91. The van der Waals surface area contributed by atoms with E-state index < -0.39 is 0 Å². The normalized spacial score (nSPS) is 22.8. The second kappa shape index (κ2) is 5.41. The van der Waals surface area contributed by atoms with E-state index in [1.54, 1.807) is 7.11 Å². The molecule has 0 bridgehead atoms. The van der Waals surface area contributed by atoms with Crippen molar-refractivity contribution in [3.05, 3.63) is 23.8 Å². The number of hydrogen-bond donors (Lipinski definition) is 1. The van der Waals surface area contributed by atoms with Gasteiger partial charge in [0.1, 0.15) is 17.6 Å². The standard InChI is InChI=1S/C14H21NO2/c1-4-10-8-13(15-5-2)12-7-6-11(16-3)9-14(12)17-10/h6-7,9-10,13,15H,4-5,8H2,1-3H3. The largest absolute Gasteiger partial charge is 0.497 e. The minimum absolute atomic E-state index is 0.304. The van der Waals surface area contributed by atoms with Gasteiger partial charge in [-0.2, -0.15) is 0 Å². The average Bonchev–Trinajstić information content (AvgIpc) is 2.38. The van der Waals surface area contributed by atoms with Crippen LogP contribution in [0.5, 0.6) is 11.5 Å². The van der Waals surface area contributed by atoms with Crippen LogP contribution in [0.1, 0.15) is 38.3 Å². The minimum atomic E-state index is 0.304. The first-order chi connectivity index (χ1) is 8.28. The van der Waals surface area contributed by atoms with Crippen LogP contribution in [0.15, 0.2) is 18.2 Å². The fourth-order valence-electron chi connectivity index (χ4n) is 2.34. The molecule has 0 radical (unpaired) electrons. The molecule has 2 rings (SSSR count). The number of hydrogen-bond acceptors (Lipinski definition) is 3. The Bertz CT molecular complexity index is 378. The maximum Gasteiger partial charge on any atom is 0.128 e. The van der Waals surface area contributed by atoms with E-state index in [9.17, 15) is 0 Å². The van der Waals surface area contributed by atoms with Gasteiger partial charge in [-0.3, -0.25) is 0 Å². The smallest absolute Gasteiger partial charge is 0.128 e. The molecule has 1 heterocycles. The molecule has 1 aliphatic heterocycles. The predicted molar refractivity (Wildman–Crippen MR) is 68.7 cm³/mol. The van der Waals surface area contributed by atoms with Crippen molar-refractivity contribution in [1.29, 1.82) is 0 Å². The molecule has 1 aliphatic rings. The summed E-state index contributed by atoms with van der Waals surface area (Å²) in [5.41, 5.74) is 1.25. The van der Waals surface area contributed by atoms with Crippen molar-refractivity contribution in [3.63, 3.8) is 0 Å². The lowest BCUT2D eigenvalue weighted by atomic mass is 9.95. The summed E-state index contributed by atoms with van der Waals surface area (Å²) in [6.07, 6.45) is 2.39. The van der Waals surface area contributed by atoms with Gasteiger partial charge in [0.25, 0.3) is 0 Å². The Labute approximate surface area is 103 Å². The Morgan fingerprint density at radius 2 is 2.24 bits per heavy atom. The lowest BCUT2D eigenvalue weighted by Gasteiger charge is -2.32. The molecule has 3 heteroatoms. The van der Waals surface area contributed by atoms with Gasteiger partial charge >= 0.3 is 0 Å². The van der Waals surface area contributed by atoms with Crippen molar-refractivity contribution in [2.45, 2.75) is 38.8 Å². The molecule has 0 saturated heterocycles. The number of fused-ring (bicyclic) bond motifs is 1. The topological polar surface area (TPSA) is 30.5 Å². The van der Waals surface area contributed by atoms with Crippen LogP contribution in [-0.2, 0) is 0 Å². The van der Waals surface area contributed by atoms with Crippen molar-refractivity contribution in [1.82, 2.24) is 5.32 Å². The first kappa shape index (κ1) is 12.2. The minimum Gasteiger partial charge on any atom is -0.497 e. The summed E-state index contributed by atoms with van der Waals surface area (Å²) in [6, 6.07) is 6.49. The Hall–Kier alpha value is -1.22. The lowest BCUT2D eigenvalue weighted by Crippen LogP contribution is -2.32. The van der Waals surface area contributed by atoms with Crippen LogP contribution < -0.4 is 14.8 Å². The van der Waals surface area contributed by atoms with Gasteiger partial charge in [0.05, 0.1) is 7.11 Å². The highest BCUT2D eigenvalue weighted by Crippen LogP contribution is 2.37. The van der Waals surface area contributed by atoms with Crippen molar-refractivity contribution < 1.29 is 9.47 Å². The number of ether oxygens (including phenoxy) is 2. The van der Waals surface area contributed by atoms with E-state index >= 15 is 0 Å². The molecule has 1 aromatic rings.